The zero-order valence-corrected chi connectivity index (χ0v) is 13.6. The number of pyridine rings is 1. The number of carbonyl (C=O) groups is 1. The molecule has 1 aromatic heterocycles. The van der Waals surface area contributed by atoms with Gasteiger partial charge in [0, 0.05) is 37.7 Å². The molecular weight excluding hydrogens is 308 g/mol. The van der Waals surface area contributed by atoms with Crippen molar-refractivity contribution in [1.82, 2.24) is 9.88 Å². The average molecular weight is 327 g/mol. The summed E-state index contributed by atoms with van der Waals surface area (Å²) >= 11 is 5.91. The van der Waals surface area contributed by atoms with Crippen molar-refractivity contribution in [3.63, 3.8) is 0 Å². The fraction of sp³-hybridized carbons (Fsp3) is 0.571. The number of nitro groups is 1. The van der Waals surface area contributed by atoms with Crippen LogP contribution in [0.15, 0.2) is 12.3 Å². The van der Waals surface area contributed by atoms with E-state index in [4.69, 9.17) is 11.6 Å². The molecular formula is C14H19ClN4O3. The molecule has 0 bridgehead atoms. The normalized spacial score (nSPS) is 15.8. The van der Waals surface area contributed by atoms with Crippen molar-refractivity contribution in [2.75, 3.05) is 31.1 Å². The van der Waals surface area contributed by atoms with Gasteiger partial charge in [-0.2, -0.15) is 0 Å². The Morgan fingerprint density at radius 2 is 1.91 bits per heavy atom. The zero-order chi connectivity index (χ0) is 16.5. The number of piperazine rings is 1. The topological polar surface area (TPSA) is 79.6 Å². The smallest absolute Gasteiger partial charge is 0.306 e. The number of nitrogens with zero attached hydrogens (tertiary/aromatic N) is 4. The third-order valence-corrected chi connectivity index (χ3v) is 3.85. The number of amides is 1. The molecule has 0 radical (unpaired) electrons. The maximum absolute atomic E-state index is 12.2. The van der Waals surface area contributed by atoms with Crippen LogP contribution in [0.25, 0.3) is 0 Å². The molecule has 0 aromatic carbocycles. The summed E-state index contributed by atoms with van der Waals surface area (Å²) in [5.74, 6) is 0.722. The number of rotatable bonds is 2. The lowest BCUT2D eigenvalue weighted by molar-refractivity contribution is -0.385. The van der Waals surface area contributed by atoms with Crippen LogP contribution in [-0.2, 0) is 4.79 Å². The Bertz CT molecular complexity index is 592. The highest BCUT2D eigenvalue weighted by atomic mass is 35.5. The van der Waals surface area contributed by atoms with E-state index in [1.54, 1.807) is 0 Å². The number of hydrogen-bond acceptors (Lipinski definition) is 5. The second kappa shape index (κ2) is 6.08. The lowest BCUT2D eigenvalue weighted by Crippen LogP contribution is -2.51. The minimum atomic E-state index is -0.556. The summed E-state index contributed by atoms with van der Waals surface area (Å²) in [6.07, 6.45) is 1.17. The second-order valence-electron chi connectivity index (χ2n) is 6.28. The largest absolute Gasteiger partial charge is 0.353 e. The van der Waals surface area contributed by atoms with Gasteiger partial charge in [-0.15, -0.1) is 0 Å². The Balaban J connectivity index is 2.05. The lowest BCUT2D eigenvalue weighted by atomic mass is 9.94. The van der Waals surface area contributed by atoms with Gasteiger partial charge in [0.2, 0.25) is 5.91 Å². The van der Waals surface area contributed by atoms with Gasteiger partial charge in [-0.1, -0.05) is 32.4 Å². The third kappa shape index (κ3) is 3.47. The molecule has 1 aliphatic rings. The summed E-state index contributed by atoms with van der Waals surface area (Å²) in [4.78, 5) is 30.3. The molecule has 0 aliphatic carbocycles. The predicted molar refractivity (Wildman–Crippen MR) is 84.1 cm³/mol. The number of carbonyl (C=O) groups excluding carboxylic acids is 1. The predicted octanol–water partition coefficient (Wildman–Crippen LogP) is 2.34. The van der Waals surface area contributed by atoms with Crippen LogP contribution in [-0.4, -0.2) is 46.9 Å². The van der Waals surface area contributed by atoms with Crippen molar-refractivity contribution < 1.29 is 9.72 Å². The van der Waals surface area contributed by atoms with Gasteiger partial charge in [0.15, 0.2) is 0 Å². The Morgan fingerprint density at radius 1 is 1.32 bits per heavy atom. The van der Waals surface area contributed by atoms with Crippen molar-refractivity contribution >= 4 is 29.0 Å². The van der Waals surface area contributed by atoms with Crippen LogP contribution < -0.4 is 4.90 Å². The summed E-state index contributed by atoms with van der Waals surface area (Å²) in [5, 5.41) is 10.8. The molecule has 2 rings (SSSR count). The van der Waals surface area contributed by atoms with E-state index in [9.17, 15) is 14.9 Å². The van der Waals surface area contributed by atoms with Crippen molar-refractivity contribution in [2.45, 2.75) is 20.8 Å². The first-order chi connectivity index (χ1) is 10.2. The van der Waals surface area contributed by atoms with E-state index in [1.807, 2.05) is 30.6 Å². The quantitative estimate of drug-likeness (QED) is 0.615. The average Bonchev–Trinajstić information content (AvgIpc) is 2.45. The number of aromatic nitrogens is 1. The van der Waals surface area contributed by atoms with Gasteiger partial charge >= 0.3 is 5.69 Å². The highest BCUT2D eigenvalue weighted by molar-refractivity contribution is 6.32. The Labute approximate surface area is 134 Å². The molecule has 0 N–H and O–H groups in total. The SMILES string of the molecule is CC(C)(C)C(=O)N1CCN(c2cc(Cl)c([N+](=O)[O-])cn2)CC1. The van der Waals surface area contributed by atoms with Crippen molar-refractivity contribution in [3.8, 4) is 0 Å². The maximum atomic E-state index is 12.2. The van der Waals surface area contributed by atoms with E-state index in [1.165, 1.54) is 12.3 Å². The van der Waals surface area contributed by atoms with E-state index >= 15 is 0 Å². The molecule has 120 valence electrons. The molecule has 0 atom stereocenters. The van der Waals surface area contributed by atoms with Gasteiger partial charge in [-0.25, -0.2) is 4.98 Å². The molecule has 0 spiro atoms. The standard InChI is InChI=1S/C14H19ClN4O3/c1-14(2,3)13(20)18-6-4-17(5-7-18)12-8-10(15)11(9-16-12)19(21)22/h8-9H,4-7H2,1-3H3. The zero-order valence-electron chi connectivity index (χ0n) is 12.9. The molecule has 2 heterocycles. The Hall–Kier alpha value is -1.89. The summed E-state index contributed by atoms with van der Waals surface area (Å²) in [7, 11) is 0. The van der Waals surface area contributed by atoms with Crippen LogP contribution in [0.3, 0.4) is 0 Å². The van der Waals surface area contributed by atoms with Crippen LogP contribution in [0.4, 0.5) is 11.5 Å². The molecule has 0 unspecified atom stereocenters. The van der Waals surface area contributed by atoms with Crippen LogP contribution in [0.1, 0.15) is 20.8 Å². The lowest BCUT2D eigenvalue weighted by Gasteiger charge is -2.38. The van der Waals surface area contributed by atoms with Crippen LogP contribution in [0.5, 0.6) is 0 Å². The van der Waals surface area contributed by atoms with Crippen LogP contribution in [0, 0.1) is 15.5 Å². The minimum Gasteiger partial charge on any atom is -0.353 e. The van der Waals surface area contributed by atoms with Gasteiger partial charge in [0.05, 0.1) is 4.92 Å². The first kappa shape index (κ1) is 16.5. The van der Waals surface area contributed by atoms with E-state index < -0.39 is 10.3 Å². The summed E-state index contributed by atoms with van der Waals surface area (Å²) in [6, 6.07) is 1.50. The number of halogens is 1. The fourth-order valence-corrected chi connectivity index (χ4v) is 2.55. The van der Waals surface area contributed by atoms with Crippen molar-refractivity contribution in [3.05, 3.63) is 27.4 Å². The monoisotopic (exact) mass is 326 g/mol. The van der Waals surface area contributed by atoms with Crippen molar-refractivity contribution in [1.29, 1.82) is 0 Å². The van der Waals surface area contributed by atoms with Gasteiger partial charge in [0.1, 0.15) is 17.0 Å². The first-order valence-corrected chi connectivity index (χ1v) is 7.42. The minimum absolute atomic E-state index is 0.0724. The molecule has 22 heavy (non-hydrogen) atoms. The summed E-state index contributed by atoms with van der Waals surface area (Å²) in [6.45, 7) is 8.17. The van der Waals surface area contributed by atoms with Crippen LogP contribution >= 0.6 is 11.6 Å². The van der Waals surface area contributed by atoms with Crippen molar-refractivity contribution in [2.24, 2.45) is 5.41 Å². The first-order valence-electron chi connectivity index (χ1n) is 7.04. The third-order valence-electron chi connectivity index (χ3n) is 3.55. The summed E-state index contributed by atoms with van der Waals surface area (Å²) < 4.78 is 0. The highest BCUT2D eigenvalue weighted by Gasteiger charge is 2.30. The maximum Gasteiger partial charge on any atom is 0.306 e. The van der Waals surface area contributed by atoms with E-state index in [2.05, 4.69) is 4.98 Å². The molecule has 1 fully saturated rings. The molecule has 1 saturated heterocycles. The van der Waals surface area contributed by atoms with E-state index in [0.29, 0.717) is 32.0 Å². The Morgan fingerprint density at radius 3 is 2.36 bits per heavy atom. The van der Waals surface area contributed by atoms with E-state index in [-0.39, 0.29) is 16.6 Å². The highest BCUT2D eigenvalue weighted by Crippen LogP contribution is 2.27. The molecule has 1 amide bonds. The molecule has 0 saturated carbocycles. The Kier molecular flexibility index (Phi) is 4.55. The van der Waals surface area contributed by atoms with Gasteiger partial charge in [-0.3, -0.25) is 14.9 Å². The number of anilines is 1. The van der Waals surface area contributed by atoms with Gasteiger partial charge in [0.25, 0.3) is 0 Å². The molecule has 1 aliphatic heterocycles. The molecule has 1 aromatic rings. The fourth-order valence-electron chi connectivity index (χ4n) is 2.33. The summed E-state index contributed by atoms with van der Waals surface area (Å²) in [5.41, 5.74) is -0.594. The van der Waals surface area contributed by atoms with Gasteiger partial charge < -0.3 is 9.80 Å². The van der Waals surface area contributed by atoms with Gasteiger partial charge in [-0.05, 0) is 0 Å². The van der Waals surface area contributed by atoms with E-state index in [0.717, 1.165) is 0 Å². The molecule has 7 nitrogen and oxygen atoms in total. The molecule has 8 heteroatoms. The number of hydrogen-bond donors (Lipinski definition) is 0. The second-order valence-corrected chi connectivity index (χ2v) is 6.69. The van der Waals surface area contributed by atoms with Crippen LogP contribution in [0.2, 0.25) is 5.02 Å².